The maximum absolute atomic E-state index is 11.9. The first-order chi connectivity index (χ1) is 9.10. The van der Waals surface area contributed by atoms with E-state index in [1.807, 2.05) is 0 Å². The fraction of sp³-hybridized carbons (Fsp3) is 0.538. The van der Waals surface area contributed by atoms with E-state index >= 15 is 0 Å². The van der Waals surface area contributed by atoms with Gasteiger partial charge < -0.3 is 10.1 Å². The first-order valence-corrected chi connectivity index (χ1v) is 7.93. The largest absolute Gasteiger partial charge is 0.497 e. The van der Waals surface area contributed by atoms with Crippen molar-refractivity contribution in [2.75, 3.05) is 26.7 Å². The number of rotatable bonds is 9. The maximum Gasteiger partial charge on any atom is 0.240 e. The van der Waals surface area contributed by atoms with E-state index in [-0.39, 0.29) is 4.90 Å². The molecule has 5 nitrogen and oxygen atoms in total. The smallest absolute Gasteiger partial charge is 0.240 e. The van der Waals surface area contributed by atoms with E-state index in [9.17, 15) is 8.42 Å². The van der Waals surface area contributed by atoms with Gasteiger partial charge in [-0.25, -0.2) is 13.1 Å². The Bertz CT molecular complexity index is 457. The highest BCUT2D eigenvalue weighted by atomic mass is 32.2. The predicted octanol–water partition coefficient (Wildman–Crippen LogP) is 1.36. The van der Waals surface area contributed by atoms with E-state index < -0.39 is 10.0 Å². The summed E-state index contributed by atoms with van der Waals surface area (Å²) < 4.78 is 31.4. The Balaban J connectivity index is 2.42. The molecular weight excluding hydrogens is 264 g/mol. The third kappa shape index (κ3) is 5.59. The van der Waals surface area contributed by atoms with Crippen LogP contribution in [0.2, 0.25) is 0 Å². The molecule has 0 amide bonds. The highest BCUT2D eigenvalue weighted by Crippen LogP contribution is 2.14. The van der Waals surface area contributed by atoms with Crippen LogP contribution in [0.4, 0.5) is 0 Å². The minimum atomic E-state index is -3.42. The molecule has 0 spiro atoms. The van der Waals surface area contributed by atoms with E-state index in [0.29, 0.717) is 18.8 Å². The van der Waals surface area contributed by atoms with E-state index in [2.05, 4.69) is 17.0 Å². The fourth-order valence-corrected chi connectivity index (χ4v) is 2.57. The van der Waals surface area contributed by atoms with E-state index in [0.717, 1.165) is 19.4 Å². The molecule has 1 aromatic rings. The number of nitrogens with one attached hydrogen (secondary N) is 2. The third-order valence-electron chi connectivity index (χ3n) is 2.67. The monoisotopic (exact) mass is 286 g/mol. The van der Waals surface area contributed by atoms with Crippen LogP contribution >= 0.6 is 0 Å². The van der Waals surface area contributed by atoms with Gasteiger partial charge in [0, 0.05) is 13.1 Å². The van der Waals surface area contributed by atoms with Crippen molar-refractivity contribution >= 4 is 10.0 Å². The molecule has 1 rings (SSSR count). The lowest BCUT2D eigenvalue weighted by Gasteiger charge is -2.08. The maximum atomic E-state index is 11.9. The number of hydrogen-bond acceptors (Lipinski definition) is 4. The topological polar surface area (TPSA) is 67.4 Å². The van der Waals surface area contributed by atoms with Crippen molar-refractivity contribution in [3.63, 3.8) is 0 Å². The van der Waals surface area contributed by atoms with Crippen molar-refractivity contribution in [1.82, 2.24) is 10.0 Å². The molecule has 0 saturated carbocycles. The van der Waals surface area contributed by atoms with Crippen LogP contribution in [0.1, 0.15) is 19.8 Å². The first kappa shape index (κ1) is 15.9. The Morgan fingerprint density at radius 1 is 1.11 bits per heavy atom. The number of ether oxygens (including phenoxy) is 1. The third-order valence-corrected chi connectivity index (χ3v) is 4.15. The SMILES string of the molecule is CCCCNCCNS(=O)(=O)c1ccc(OC)cc1. The second-order valence-corrected chi connectivity index (χ2v) is 5.94. The molecule has 0 saturated heterocycles. The van der Waals surface area contributed by atoms with Crippen molar-refractivity contribution < 1.29 is 13.2 Å². The van der Waals surface area contributed by atoms with E-state index in [1.54, 1.807) is 19.2 Å². The van der Waals surface area contributed by atoms with Gasteiger partial charge in [0.2, 0.25) is 10.0 Å². The Labute approximate surface area is 115 Å². The second-order valence-electron chi connectivity index (χ2n) is 4.18. The number of methoxy groups -OCH3 is 1. The van der Waals surface area contributed by atoms with Crippen molar-refractivity contribution in [1.29, 1.82) is 0 Å². The van der Waals surface area contributed by atoms with Crippen LogP contribution in [-0.2, 0) is 10.0 Å². The van der Waals surface area contributed by atoms with Gasteiger partial charge in [-0.1, -0.05) is 13.3 Å². The summed E-state index contributed by atoms with van der Waals surface area (Å²) in [5.74, 6) is 0.639. The summed E-state index contributed by atoms with van der Waals surface area (Å²) in [6.07, 6.45) is 2.23. The fourth-order valence-electron chi connectivity index (χ4n) is 1.54. The molecule has 19 heavy (non-hydrogen) atoms. The molecular formula is C13H22N2O3S. The van der Waals surface area contributed by atoms with Gasteiger partial charge in [-0.05, 0) is 37.2 Å². The molecule has 0 aliphatic carbocycles. The second kappa shape index (κ2) is 8.14. The number of benzene rings is 1. The van der Waals surface area contributed by atoms with Crippen LogP contribution in [0.15, 0.2) is 29.2 Å². The van der Waals surface area contributed by atoms with Crippen LogP contribution in [0.25, 0.3) is 0 Å². The predicted molar refractivity (Wildman–Crippen MR) is 76.0 cm³/mol. The first-order valence-electron chi connectivity index (χ1n) is 6.44. The zero-order chi connectivity index (χ0) is 14.1. The molecule has 1 aromatic carbocycles. The summed E-state index contributed by atoms with van der Waals surface area (Å²) >= 11 is 0. The standard InChI is InChI=1S/C13H22N2O3S/c1-3-4-9-14-10-11-15-19(16,17)13-7-5-12(18-2)6-8-13/h5-8,14-15H,3-4,9-11H2,1-2H3. The van der Waals surface area contributed by atoms with Crippen LogP contribution in [-0.4, -0.2) is 35.2 Å². The van der Waals surface area contributed by atoms with Crippen molar-refractivity contribution in [3.8, 4) is 5.75 Å². The summed E-state index contributed by atoms with van der Waals surface area (Å²) in [7, 11) is -1.88. The lowest BCUT2D eigenvalue weighted by atomic mass is 10.3. The molecule has 0 radical (unpaired) electrons. The normalized spacial score (nSPS) is 11.5. The summed E-state index contributed by atoms with van der Waals surface area (Å²) in [5, 5.41) is 3.18. The lowest BCUT2D eigenvalue weighted by Crippen LogP contribution is -2.32. The molecule has 0 atom stereocenters. The summed E-state index contributed by atoms with van der Waals surface area (Å²) in [4.78, 5) is 0.252. The van der Waals surface area contributed by atoms with Crippen molar-refractivity contribution in [2.45, 2.75) is 24.7 Å². The van der Waals surface area contributed by atoms with Crippen LogP contribution in [0.5, 0.6) is 5.75 Å². The van der Waals surface area contributed by atoms with Gasteiger partial charge in [0.05, 0.1) is 12.0 Å². The zero-order valence-corrected chi connectivity index (χ0v) is 12.3. The number of unbranched alkanes of at least 4 members (excludes halogenated alkanes) is 1. The Hall–Kier alpha value is -1.11. The van der Waals surface area contributed by atoms with E-state index in [1.165, 1.54) is 12.1 Å². The minimum absolute atomic E-state index is 0.252. The molecule has 0 heterocycles. The van der Waals surface area contributed by atoms with Gasteiger partial charge in [0.1, 0.15) is 5.75 Å². The average molecular weight is 286 g/mol. The van der Waals surface area contributed by atoms with Crippen LogP contribution < -0.4 is 14.8 Å². The summed E-state index contributed by atoms with van der Waals surface area (Å²) in [5.41, 5.74) is 0. The summed E-state index contributed by atoms with van der Waals surface area (Å²) in [6, 6.07) is 6.33. The number of sulfonamides is 1. The minimum Gasteiger partial charge on any atom is -0.497 e. The van der Waals surface area contributed by atoms with Gasteiger partial charge in [0.25, 0.3) is 0 Å². The van der Waals surface area contributed by atoms with Crippen LogP contribution in [0.3, 0.4) is 0 Å². The molecule has 0 aromatic heterocycles. The summed E-state index contributed by atoms with van der Waals surface area (Å²) in [6.45, 7) is 4.06. The van der Waals surface area contributed by atoms with Crippen LogP contribution in [0, 0.1) is 0 Å². The molecule has 0 aliphatic heterocycles. The molecule has 0 fully saturated rings. The molecule has 0 aliphatic rings. The zero-order valence-electron chi connectivity index (χ0n) is 11.5. The molecule has 6 heteroatoms. The Morgan fingerprint density at radius 3 is 2.37 bits per heavy atom. The van der Waals surface area contributed by atoms with Gasteiger partial charge in [-0.2, -0.15) is 0 Å². The van der Waals surface area contributed by atoms with Gasteiger partial charge in [0.15, 0.2) is 0 Å². The van der Waals surface area contributed by atoms with Gasteiger partial charge in [-0.3, -0.25) is 0 Å². The van der Waals surface area contributed by atoms with Gasteiger partial charge in [-0.15, -0.1) is 0 Å². The molecule has 0 unspecified atom stereocenters. The molecule has 108 valence electrons. The average Bonchev–Trinajstić information content (AvgIpc) is 2.43. The number of hydrogen-bond donors (Lipinski definition) is 2. The molecule has 0 bridgehead atoms. The Kier molecular flexibility index (Phi) is 6.83. The van der Waals surface area contributed by atoms with Crippen molar-refractivity contribution in [3.05, 3.63) is 24.3 Å². The Morgan fingerprint density at radius 2 is 1.79 bits per heavy atom. The lowest BCUT2D eigenvalue weighted by molar-refractivity contribution is 0.414. The molecule has 2 N–H and O–H groups in total. The van der Waals surface area contributed by atoms with Gasteiger partial charge >= 0.3 is 0 Å². The van der Waals surface area contributed by atoms with E-state index in [4.69, 9.17) is 4.74 Å². The quantitative estimate of drug-likeness (QED) is 0.673. The van der Waals surface area contributed by atoms with Crippen molar-refractivity contribution in [2.24, 2.45) is 0 Å². The highest BCUT2D eigenvalue weighted by Gasteiger charge is 2.12. The highest BCUT2D eigenvalue weighted by molar-refractivity contribution is 7.89.